The van der Waals surface area contributed by atoms with Gasteiger partial charge in [0.15, 0.2) is 23.2 Å². The highest BCUT2D eigenvalue weighted by Gasteiger charge is 2.36. The molecule has 0 bridgehead atoms. The molecular weight excluding hydrogens is 432 g/mol. The lowest BCUT2D eigenvalue weighted by molar-refractivity contribution is -0.140. The van der Waals surface area contributed by atoms with Gasteiger partial charge < -0.3 is 10.0 Å². The maximum absolute atomic E-state index is 14.7. The summed E-state index contributed by atoms with van der Waals surface area (Å²) in [5, 5.41) is 14.1. The molecule has 8 nitrogen and oxygen atoms in total. The van der Waals surface area contributed by atoms with E-state index in [4.69, 9.17) is 0 Å². The van der Waals surface area contributed by atoms with Gasteiger partial charge in [0.2, 0.25) is 0 Å². The van der Waals surface area contributed by atoms with Crippen LogP contribution in [0.2, 0.25) is 0 Å². The zero-order chi connectivity index (χ0) is 23.7. The summed E-state index contributed by atoms with van der Waals surface area (Å²) in [5.74, 6) is -2.76. The predicted molar refractivity (Wildman–Crippen MR) is 116 cm³/mol. The van der Waals surface area contributed by atoms with Crippen LogP contribution in [0.1, 0.15) is 42.7 Å². The third-order valence-electron chi connectivity index (χ3n) is 5.83. The highest BCUT2D eigenvalue weighted by molar-refractivity contribution is 5.93. The van der Waals surface area contributed by atoms with Gasteiger partial charge in [-0.2, -0.15) is 5.10 Å². The first kappa shape index (κ1) is 22.5. The standard InChI is InChI=1S/C23H23F2N5O3/c1-13-6-5-9-29(20(13)23(32)33)22-17(25)11-26-21(27-22)18-10-19(14(2)31)30(28-18)12-15-7-3-4-8-16(15)24/h3-4,7-8,10-11,13,20H,5-6,9,12H2,1-2H3,(H,32,33). The van der Waals surface area contributed by atoms with Crippen LogP contribution in [0.4, 0.5) is 14.6 Å². The number of benzene rings is 1. The lowest BCUT2D eigenvalue weighted by atomic mass is 9.91. The van der Waals surface area contributed by atoms with Crippen molar-refractivity contribution in [2.75, 3.05) is 11.4 Å². The molecule has 0 spiro atoms. The zero-order valence-electron chi connectivity index (χ0n) is 18.2. The fraction of sp³-hybridized carbons (Fsp3) is 0.348. The van der Waals surface area contributed by atoms with Crippen LogP contribution in [0.3, 0.4) is 0 Å². The molecule has 10 heteroatoms. The van der Waals surface area contributed by atoms with Crippen LogP contribution >= 0.6 is 0 Å². The normalized spacial score (nSPS) is 18.4. The third kappa shape index (κ3) is 4.46. The molecule has 1 saturated heterocycles. The average molecular weight is 455 g/mol. The Labute approximate surface area is 188 Å². The molecule has 33 heavy (non-hydrogen) atoms. The number of carboxylic acids is 1. The van der Waals surface area contributed by atoms with Crippen molar-refractivity contribution in [3.63, 3.8) is 0 Å². The first-order valence-electron chi connectivity index (χ1n) is 10.6. The number of halogens is 2. The summed E-state index contributed by atoms with van der Waals surface area (Å²) in [4.78, 5) is 33.8. The smallest absolute Gasteiger partial charge is 0.326 e. The Morgan fingerprint density at radius 3 is 2.67 bits per heavy atom. The molecule has 0 saturated carbocycles. The van der Waals surface area contributed by atoms with Crippen molar-refractivity contribution in [1.29, 1.82) is 0 Å². The van der Waals surface area contributed by atoms with E-state index < -0.39 is 23.6 Å². The number of Topliss-reactive ketones (excluding diaryl/α,β-unsaturated/α-hetero) is 1. The number of carboxylic acid groups (broad SMARTS) is 1. The average Bonchev–Trinajstić information content (AvgIpc) is 3.19. The summed E-state index contributed by atoms with van der Waals surface area (Å²) in [6.07, 6.45) is 2.39. The molecule has 0 aliphatic carbocycles. The second-order valence-electron chi connectivity index (χ2n) is 8.18. The molecule has 3 heterocycles. The Morgan fingerprint density at radius 1 is 1.21 bits per heavy atom. The van der Waals surface area contributed by atoms with Crippen LogP contribution < -0.4 is 4.90 Å². The molecule has 1 N–H and O–H groups in total. The molecule has 0 amide bonds. The van der Waals surface area contributed by atoms with Crippen LogP contribution in [0.25, 0.3) is 11.5 Å². The minimum Gasteiger partial charge on any atom is -0.480 e. The van der Waals surface area contributed by atoms with Crippen molar-refractivity contribution in [3.05, 3.63) is 59.4 Å². The SMILES string of the molecule is CC(=O)c1cc(-c2ncc(F)c(N3CCCC(C)C3C(=O)O)n2)nn1Cc1ccccc1F. The Morgan fingerprint density at radius 2 is 1.97 bits per heavy atom. The van der Waals surface area contributed by atoms with Gasteiger partial charge in [0, 0.05) is 19.0 Å². The molecule has 2 aromatic heterocycles. The Kier molecular flexibility index (Phi) is 6.17. The molecule has 3 aromatic rings. The minimum absolute atomic E-state index is 0.0143. The number of carbonyl (C=O) groups excluding carboxylic acids is 1. The number of ketones is 1. The molecule has 1 fully saturated rings. The first-order valence-corrected chi connectivity index (χ1v) is 10.6. The Hall–Kier alpha value is -3.69. The van der Waals surface area contributed by atoms with Gasteiger partial charge in [0.25, 0.3) is 0 Å². The van der Waals surface area contributed by atoms with E-state index in [1.807, 2.05) is 6.92 Å². The van der Waals surface area contributed by atoms with Gasteiger partial charge in [-0.05, 0) is 30.9 Å². The van der Waals surface area contributed by atoms with Crippen molar-refractivity contribution in [2.24, 2.45) is 5.92 Å². The zero-order valence-corrected chi connectivity index (χ0v) is 18.2. The molecule has 172 valence electrons. The van der Waals surface area contributed by atoms with E-state index in [0.29, 0.717) is 18.5 Å². The van der Waals surface area contributed by atoms with Gasteiger partial charge in [0.1, 0.15) is 23.2 Å². The second-order valence-corrected chi connectivity index (χ2v) is 8.18. The van der Waals surface area contributed by atoms with Gasteiger partial charge >= 0.3 is 5.97 Å². The van der Waals surface area contributed by atoms with Gasteiger partial charge in [0.05, 0.1) is 12.7 Å². The van der Waals surface area contributed by atoms with Crippen LogP contribution in [0.5, 0.6) is 0 Å². The highest BCUT2D eigenvalue weighted by Crippen LogP contribution is 2.30. The van der Waals surface area contributed by atoms with Gasteiger partial charge in [-0.1, -0.05) is 25.1 Å². The number of carbonyl (C=O) groups is 2. The van der Waals surface area contributed by atoms with Crippen molar-refractivity contribution in [2.45, 2.75) is 39.3 Å². The topological polar surface area (TPSA) is 101 Å². The maximum Gasteiger partial charge on any atom is 0.326 e. The molecule has 1 aliphatic heterocycles. The van der Waals surface area contributed by atoms with E-state index >= 15 is 0 Å². The summed E-state index contributed by atoms with van der Waals surface area (Å²) < 4.78 is 30.2. The van der Waals surface area contributed by atoms with Crippen LogP contribution in [0.15, 0.2) is 36.5 Å². The van der Waals surface area contributed by atoms with Crippen molar-refractivity contribution < 1.29 is 23.5 Å². The van der Waals surface area contributed by atoms with E-state index in [1.165, 1.54) is 28.6 Å². The number of nitrogens with zero attached hydrogens (tertiary/aromatic N) is 5. The number of hydrogen-bond donors (Lipinski definition) is 1. The molecule has 2 unspecified atom stereocenters. The predicted octanol–water partition coefficient (Wildman–Crippen LogP) is 3.56. The van der Waals surface area contributed by atoms with Gasteiger partial charge in [-0.15, -0.1) is 0 Å². The van der Waals surface area contributed by atoms with Gasteiger partial charge in [-0.25, -0.2) is 23.5 Å². The number of anilines is 1. The fourth-order valence-corrected chi connectivity index (χ4v) is 4.20. The lowest BCUT2D eigenvalue weighted by Crippen LogP contribution is -2.50. The Balaban J connectivity index is 1.73. The number of aromatic nitrogens is 4. The number of piperidine rings is 1. The number of hydrogen-bond acceptors (Lipinski definition) is 6. The monoisotopic (exact) mass is 455 g/mol. The number of aliphatic carboxylic acids is 1. The molecule has 1 aliphatic rings. The van der Waals surface area contributed by atoms with Gasteiger partial charge in [-0.3, -0.25) is 9.48 Å². The van der Waals surface area contributed by atoms with Crippen molar-refractivity contribution >= 4 is 17.6 Å². The largest absolute Gasteiger partial charge is 0.480 e. The first-order chi connectivity index (χ1) is 15.8. The fourth-order valence-electron chi connectivity index (χ4n) is 4.20. The van der Waals surface area contributed by atoms with E-state index in [0.717, 1.165) is 12.6 Å². The van der Waals surface area contributed by atoms with Crippen molar-refractivity contribution in [1.82, 2.24) is 19.7 Å². The molecule has 2 atom stereocenters. The quantitative estimate of drug-likeness (QED) is 0.567. The summed E-state index contributed by atoms with van der Waals surface area (Å²) in [7, 11) is 0. The van der Waals surface area contributed by atoms with E-state index in [2.05, 4.69) is 15.1 Å². The van der Waals surface area contributed by atoms with Crippen LogP contribution in [-0.2, 0) is 11.3 Å². The summed E-state index contributed by atoms with van der Waals surface area (Å²) in [6.45, 7) is 3.53. The lowest BCUT2D eigenvalue weighted by Gasteiger charge is -2.38. The molecule has 0 radical (unpaired) electrons. The molecule has 4 rings (SSSR count). The number of rotatable bonds is 6. The minimum atomic E-state index is -1.05. The van der Waals surface area contributed by atoms with E-state index in [9.17, 15) is 23.5 Å². The summed E-state index contributed by atoms with van der Waals surface area (Å²) >= 11 is 0. The van der Waals surface area contributed by atoms with Crippen LogP contribution in [-0.4, -0.2) is 49.2 Å². The highest BCUT2D eigenvalue weighted by atomic mass is 19.1. The Bertz CT molecular complexity index is 1210. The summed E-state index contributed by atoms with van der Waals surface area (Å²) in [6, 6.07) is 6.72. The second kappa shape index (κ2) is 9.05. The maximum atomic E-state index is 14.7. The van der Waals surface area contributed by atoms with Crippen molar-refractivity contribution in [3.8, 4) is 11.5 Å². The van der Waals surface area contributed by atoms with E-state index in [-0.39, 0.29) is 41.3 Å². The van der Waals surface area contributed by atoms with Crippen LogP contribution in [0, 0.1) is 17.6 Å². The molecule has 1 aromatic carbocycles. The van der Waals surface area contributed by atoms with E-state index in [1.54, 1.807) is 18.2 Å². The third-order valence-corrected chi connectivity index (χ3v) is 5.83. The summed E-state index contributed by atoms with van der Waals surface area (Å²) in [5.41, 5.74) is 0.773. The molecular formula is C23H23F2N5O3.